The molecule has 23 heavy (non-hydrogen) atoms. The lowest BCUT2D eigenvalue weighted by Crippen LogP contribution is -2.31. The van der Waals surface area contributed by atoms with Gasteiger partial charge in [-0.2, -0.15) is 0 Å². The molecule has 1 unspecified atom stereocenters. The first-order valence-electron chi connectivity index (χ1n) is 7.39. The van der Waals surface area contributed by atoms with Gasteiger partial charge < -0.3 is 10.1 Å². The third-order valence-electron chi connectivity index (χ3n) is 3.51. The number of aromatic nitrogens is 2. The van der Waals surface area contributed by atoms with Crippen LogP contribution in [0.25, 0.3) is 0 Å². The van der Waals surface area contributed by atoms with Gasteiger partial charge in [-0.25, -0.2) is 23.1 Å². The van der Waals surface area contributed by atoms with E-state index in [1.165, 1.54) is 0 Å². The van der Waals surface area contributed by atoms with Crippen molar-refractivity contribution in [2.75, 3.05) is 18.5 Å². The zero-order valence-electron chi connectivity index (χ0n) is 12.5. The normalized spacial score (nSPS) is 18.0. The van der Waals surface area contributed by atoms with Gasteiger partial charge in [-0.1, -0.05) is 0 Å². The molecule has 3 rings (SSSR count). The lowest BCUT2D eigenvalue weighted by Gasteiger charge is -2.12. The third-order valence-corrected chi connectivity index (χ3v) is 4.95. The molecule has 1 atom stereocenters. The third kappa shape index (κ3) is 4.25. The highest BCUT2D eigenvalue weighted by Crippen LogP contribution is 2.17. The SMILES string of the molecule is O=S(=O)(NCC1CCCO1)c1ccc(Nc2ncccn2)cc1. The van der Waals surface area contributed by atoms with Gasteiger partial charge in [-0.15, -0.1) is 0 Å². The Hall–Kier alpha value is -2.03. The molecular weight excluding hydrogens is 316 g/mol. The van der Waals surface area contributed by atoms with E-state index in [1.54, 1.807) is 42.7 Å². The Morgan fingerprint density at radius 2 is 1.91 bits per heavy atom. The summed E-state index contributed by atoms with van der Waals surface area (Å²) < 4.78 is 32.5. The molecular formula is C15H18N4O3S. The predicted octanol–water partition coefficient (Wildman–Crippen LogP) is 1.68. The van der Waals surface area contributed by atoms with E-state index < -0.39 is 10.0 Å². The topological polar surface area (TPSA) is 93.2 Å². The van der Waals surface area contributed by atoms with E-state index in [4.69, 9.17) is 4.74 Å². The lowest BCUT2D eigenvalue weighted by molar-refractivity contribution is 0.114. The molecule has 0 aliphatic carbocycles. The minimum Gasteiger partial charge on any atom is -0.377 e. The van der Waals surface area contributed by atoms with Crippen LogP contribution in [0.2, 0.25) is 0 Å². The number of nitrogens with zero attached hydrogens (tertiary/aromatic N) is 2. The molecule has 2 N–H and O–H groups in total. The Bertz CT molecular complexity index is 729. The van der Waals surface area contributed by atoms with E-state index in [2.05, 4.69) is 20.0 Å². The number of hydrogen-bond donors (Lipinski definition) is 2. The van der Waals surface area contributed by atoms with Gasteiger partial charge in [0.1, 0.15) is 0 Å². The van der Waals surface area contributed by atoms with Crippen molar-refractivity contribution in [1.29, 1.82) is 0 Å². The fourth-order valence-corrected chi connectivity index (χ4v) is 3.37. The number of nitrogens with one attached hydrogen (secondary N) is 2. The van der Waals surface area contributed by atoms with Crippen molar-refractivity contribution < 1.29 is 13.2 Å². The lowest BCUT2D eigenvalue weighted by atomic mass is 10.2. The minimum absolute atomic E-state index is 0.0269. The Kier molecular flexibility index (Phi) is 4.85. The predicted molar refractivity (Wildman–Crippen MR) is 85.9 cm³/mol. The Morgan fingerprint density at radius 3 is 2.57 bits per heavy atom. The molecule has 0 spiro atoms. The number of anilines is 2. The average molecular weight is 334 g/mol. The van der Waals surface area contributed by atoms with Crippen LogP contribution in [0.5, 0.6) is 0 Å². The maximum atomic E-state index is 12.2. The highest BCUT2D eigenvalue weighted by atomic mass is 32.2. The fourth-order valence-electron chi connectivity index (χ4n) is 2.30. The van der Waals surface area contributed by atoms with Crippen molar-refractivity contribution >= 4 is 21.7 Å². The molecule has 0 radical (unpaired) electrons. The van der Waals surface area contributed by atoms with Crippen LogP contribution in [-0.2, 0) is 14.8 Å². The first-order valence-corrected chi connectivity index (χ1v) is 8.87. The standard InChI is InChI=1S/C15H18N4O3S/c20-23(21,18-11-13-3-1-10-22-13)14-6-4-12(5-7-14)19-15-16-8-2-9-17-15/h2,4-9,13,18H,1,3,10-11H2,(H,16,17,19). The second-order valence-electron chi connectivity index (χ2n) is 5.21. The second kappa shape index (κ2) is 7.03. The van der Waals surface area contributed by atoms with E-state index in [1.807, 2.05) is 0 Å². The monoisotopic (exact) mass is 334 g/mol. The summed E-state index contributed by atoms with van der Waals surface area (Å²) in [5.41, 5.74) is 0.717. The van der Waals surface area contributed by atoms with E-state index in [9.17, 15) is 8.42 Å². The summed E-state index contributed by atoms with van der Waals surface area (Å²) in [5.74, 6) is 0.458. The molecule has 2 heterocycles. The Balaban J connectivity index is 1.63. The smallest absolute Gasteiger partial charge is 0.240 e. The number of ether oxygens (including phenoxy) is 1. The summed E-state index contributed by atoms with van der Waals surface area (Å²) in [6.07, 6.45) is 5.10. The molecule has 1 aromatic carbocycles. The zero-order chi connectivity index (χ0) is 16.1. The quantitative estimate of drug-likeness (QED) is 0.835. The van der Waals surface area contributed by atoms with Crippen LogP contribution in [0.15, 0.2) is 47.6 Å². The van der Waals surface area contributed by atoms with E-state index in [0.29, 0.717) is 24.8 Å². The molecule has 1 aliphatic rings. The zero-order valence-corrected chi connectivity index (χ0v) is 13.3. The highest BCUT2D eigenvalue weighted by Gasteiger charge is 2.20. The summed E-state index contributed by atoms with van der Waals surface area (Å²) in [4.78, 5) is 8.32. The van der Waals surface area contributed by atoms with Crippen molar-refractivity contribution in [3.05, 3.63) is 42.7 Å². The van der Waals surface area contributed by atoms with Crippen molar-refractivity contribution in [3.8, 4) is 0 Å². The number of hydrogen-bond acceptors (Lipinski definition) is 6. The van der Waals surface area contributed by atoms with Crippen LogP contribution in [0, 0.1) is 0 Å². The van der Waals surface area contributed by atoms with Crippen molar-refractivity contribution in [2.24, 2.45) is 0 Å². The molecule has 2 aromatic rings. The molecule has 8 heteroatoms. The molecule has 0 bridgehead atoms. The van der Waals surface area contributed by atoms with Gasteiger partial charge in [0.15, 0.2) is 0 Å². The van der Waals surface area contributed by atoms with Crippen LogP contribution >= 0.6 is 0 Å². The van der Waals surface area contributed by atoms with Crippen LogP contribution in [0.1, 0.15) is 12.8 Å². The minimum atomic E-state index is -3.53. The van der Waals surface area contributed by atoms with Gasteiger partial charge in [-0.3, -0.25) is 0 Å². The van der Waals surface area contributed by atoms with Crippen LogP contribution in [0.3, 0.4) is 0 Å². The van der Waals surface area contributed by atoms with E-state index >= 15 is 0 Å². The maximum Gasteiger partial charge on any atom is 0.240 e. The van der Waals surface area contributed by atoms with Crippen molar-refractivity contribution in [2.45, 2.75) is 23.8 Å². The molecule has 1 saturated heterocycles. The summed E-state index contributed by atoms with van der Waals surface area (Å²) in [6, 6.07) is 8.17. The van der Waals surface area contributed by atoms with Crippen molar-refractivity contribution in [3.63, 3.8) is 0 Å². The summed E-state index contributed by atoms with van der Waals surface area (Å²) in [5, 5.41) is 3.00. The summed E-state index contributed by atoms with van der Waals surface area (Å²) >= 11 is 0. The molecule has 1 aliphatic heterocycles. The first kappa shape index (κ1) is 15.9. The van der Waals surface area contributed by atoms with Gasteiger partial charge >= 0.3 is 0 Å². The first-order chi connectivity index (χ1) is 11.1. The molecule has 7 nitrogen and oxygen atoms in total. The fraction of sp³-hybridized carbons (Fsp3) is 0.333. The van der Waals surface area contributed by atoms with Crippen LogP contribution < -0.4 is 10.0 Å². The average Bonchev–Trinajstić information content (AvgIpc) is 3.08. The van der Waals surface area contributed by atoms with Crippen molar-refractivity contribution in [1.82, 2.24) is 14.7 Å². The van der Waals surface area contributed by atoms with Gasteiger partial charge in [0.25, 0.3) is 0 Å². The Morgan fingerprint density at radius 1 is 1.17 bits per heavy atom. The number of sulfonamides is 1. The molecule has 1 fully saturated rings. The van der Waals surface area contributed by atoms with Gasteiger partial charge in [0.05, 0.1) is 11.0 Å². The highest BCUT2D eigenvalue weighted by molar-refractivity contribution is 7.89. The molecule has 122 valence electrons. The number of benzene rings is 1. The van der Waals surface area contributed by atoms with Crippen LogP contribution in [0.4, 0.5) is 11.6 Å². The largest absolute Gasteiger partial charge is 0.377 e. The Labute approximate surface area is 135 Å². The maximum absolute atomic E-state index is 12.2. The van der Waals surface area contributed by atoms with Gasteiger partial charge in [0.2, 0.25) is 16.0 Å². The van der Waals surface area contributed by atoms with E-state index in [0.717, 1.165) is 12.8 Å². The number of rotatable bonds is 6. The van der Waals surface area contributed by atoms with E-state index in [-0.39, 0.29) is 11.0 Å². The van der Waals surface area contributed by atoms with Crippen LogP contribution in [-0.4, -0.2) is 37.6 Å². The molecule has 0 amide bonds. The van der Waals surface area contributed by atoms with Gasteiger partial charge in [-0.05, 0) is 43.2 Å². The summed E-state index contributed by atoms with van der Waals surface area (Å²) in [7, 11) is -3.53. The summed E-state index contributed by atoms with van der Waals surface area (Å²) in [6.45, 7) is 1.01. The second-order valence-corrected chi connectivity index (χ2v) is 6.98. The molecule has 1 aromatic heterocycles. The van der Waals surface area contributed by atoms with Gasteiger partial charge in [0, 0.05) is 31.2 Å². The molecule has 0 saturated carbocycles.